The van der Waals surface area contributed by atoms with Crippen LogP contribution in [0.4, 0.5) is 0 Å². The van der Waals surface area contributed by atoms with E-state index in [1.54, 1.807) is 36.4 Å². The minimum absolute atomic E-state index is 0.125. The van der Waals surface area contributed by atoms with Crippen molar-refractivity contribution in [2.45, 2.75) is 0 Å². The van der Waals surface area contributed by atoms with Crippen LogP contribution in [0.2, 0.25) is 5.02 Å². The Kier molecular flexibility index (Phi) is 4.91. The monoisotopic (exact) mass is 317 g/mol. The second-order valence-corrected chi connectivity index (χ2v) is 4.75. The average Bonchev–Trinajstić information content (AvgIpc) is 2.53. The number of methoxy groups -OCH3 is 1. The van der Waals surface area contributed by atoms with Crippen LogP contribution in [0.5, 0.6) is 0 Å². The Morgan fingerprint density at radius 3 is 2.32 bits per heavy atom. The van der Waals surface area contributed by atoms with E-state index in [0.717, 1.165) is 0 Å². The molecule has 22 heavy (non-hydrogen) atoms. The minimum atomic E-state index is -0.637. The first kappa shape index (κ1) is 15.7. The van der Waals surface area contributed by atoms with Gasteiger partial charge in [0, 0.05) is 11.1 Å². The van der Waals surface area contributed by atoms with E-state index in [9.17, 15) is 14.9 Å². The first-order chi connectivity index (χ1) is 10.5. The summed E-state index contributed by atoms with van der Waals surface area (Å²) in [6.45, 7) is 0. The van der Waals surface area contributed by atoms with Gasteiger partial charge in [-0.2, -0.15) is 0 Å². The Balaban J connectivity index is 2.62. The van der Waals surface area contributed by atoms with Gasteiger partial charge in [-0.1, -0.05) is 41.9 Å². The molecule has 0 N–H and O–H groups in total. The standard InChI is InChI=1S/C16H12ClNO4/c1-22-16(19)13-8-4-3-7-12(13)15(18(20)21)10-11-6-2-5-9-14(11)17/h2-10H,1H3. The van der Waals surface area contributed by atoms with Crippen LogP contribution in [0, 0.1) is 10.1 Å². The molecule has 0 atom stereocenters. The van der Waals surface area contributed by atoms with Gasteiger partial charge in [0.15, 0.2) is 0 Å². The van der Waals surface area contributed by atoms with Gasteiger partial charge in [0.25, 0.3) is 5.70 Å². The van der Waals surface area contributed by atoms with Crippen LogP contribution in [0.25, 0.3) is 11.8 Å². The lowest BCUT2D eigenvalue weighted by atomic mass is 10.0. The maximum absolute atomic E-state index is 11.8. The summed E-state index contributed by atoms with van der Waals surface area (Å²) in [6, 6.07) is 13.0. The van der Waals surface area contributed by atoms with Crippen LogP contribution in [0.3, 0.4) is 0 Å². The summed E-state index contributed by atoms with van der Waals surface area (Å²) in [5.74, 6) is -0.637. The Labute approximate surface area is 131 Å². The van der Waals surface area contributed by atoms with E-state index < -0.39 is 10.9 Å². The van der Waals surface area contributed by atoms with Gasteiger partial charge in [0.1, 0.15) is 0 Å². The summed E-state index contributed by atoms with van der Waals surface area (Å²) >= 11 is 6.03. The summed E-state index contributed by atoms with van der Waals surface area (Å²) in [5, 5.41) is 11.8. The van der Waals surface area contributed by atoms with Crippen molar-refractivity contribution in [3.8, 4) is 0 Å². The molecule has 0 saturated carbocycles. The molecule has 0 fully saturated rings. The zero-order valence-corrected chi connectivity index (χ0v) is 12.4. The van der Waals surface area contributed by atoms with Crippen LogP contribution in [-0.4, -0.2) is 18.0 Å². The lowest BCUT2D eigenvalue weighted by Gasteiger charge is -2.06. The molecule has 0 aliphatic rings. The molecule has 2 aromatic rings. The molecule has 5 nitrogen and oxygen atoms in total. The Hall–Kier alpha value is -2.66. The van der Waals surface area contributed by atoms with E-state index in [0.29, 0.717) is 10.6 Å². The third-order valence-electron chi connectivity index (χ3n) is 3.00. The number of rotatable bonds is 4. The largest absolute Gasteiger partial charge is 0.465 e. The van der Waals surface area contributed by atoms with E-state index in [4.69, 9.17) is 11.6 Å². The molecular formula is C16H12ClNO4. The molecule has 112 valence electrons. The summed E-state index contributed by atoms with van der Waals surface area (Å²) in [7, 11) is 1.22. The maximum atomic E-state index is 11.8. The first-order valence-corrected chi connectivity index (χ1v) is 6.70. The predicted molar refractivity (Wildman–Crippen MR) is 84.1 cm³/mol. The van der Waals surface area contributed by atoms with Crippen molar-refractivity contribution < 1.29 is 14.5 Å². The number of hydrogen-bond donors (Lipinski definition) is 0. The number of carbonyl (C=O) groups is 1. The highest BCUT2D eigenvalue weighted by molar-refractivity contribution is 6.32. The highest BCUT2D eigenvalue weighted by Crippen LogP contribution is 2.26. The van der Waals surface area contributed by atoms with Gasteiger partial charge in [0.2, 0.25) is 0 Å². The Morgan fingerprint density at radius 1 is 1.14 bits per heavy atom. The second kappa shape index (κ2) is 6.87. The van der Waals surface area contributed by atoms with Crippen molar-refractivity contribution >= 4 is 29.3 Å². The van der Waals surface area contributed by atoms with E-state index in [2.05, 4.69) is 4.74 Å². The lowest BCUT2D eigenvalue weighted by molar-refractivity contribution is -0.374. The lowest BCUT2D eigenvalue weighted by Crippen LogP contribution is -2.08. The van der Waals surface area contributed by atoms with E-state index >= 15 is 0 Å². The molecule has 2 rings (SSSR count). The van der Waals surface area contributed by atoms with Crippen LogP contribution in [0.15, 0.2) is 48.5 Å². The van der Waals surface area contributed by atoms with Crippen molar-refractivity contribution in [2.75, 3.05) is 7.11 Å². The van der Waals surface area contributed by atoms with Gasteiger partial charge in [-0.15, -0.1) is 0 Å². The maximum Gasteiger partial charge on any atom is 0.338 e. The molecular weight excluding hydrogens is 306 g/mol. The Morgan fingerprint density at radius 2 is 1.73 bits per heavy atom. The molecule has 0 aliphatic carbocycles. The summed E-state index contributed by atoms with van der Waals surface area (Å²) < 4.78 is 4.67. The van der Waals surface area contributed by atoms with Crippen molar-refractivity contribution in [3.05, 3.63) is 80.4 Å². The van der Waals surface area contributed by atoms with Gasteiger partial charge in [-0.3, -0.25) is 10.1 Å². The zero-order chi connectivity index (χ0) is 16.1. The topological polar surface area (TPSA) is 69.4 Å². The Bertz CT molecular complexity index is 755. The number of nitro groups is 1. The van der Waals surface area contributed by atoms with Gasteiger partial charge >= 0.3 is 5.97 Å². The van der Waals surface area contributed by atoms with E-state index in [1.807, 2.05) is 0 Å². The van der Waals surface area contributed by atoms with Crippen molar-refractivity contribution in [1.82, 2.24) is 0 Å². The second-order valence-electron chi connectivity index (χ2n) is 4.35. The SMILES string of the molecule is COC(=O)c1ccccc1C(=Cc1ccccc1Cl)[N+](=O)[O-]. The fourth-order valence-electron chi connectivity index (χ4n) is 1.96. The molecule has 2 aromatic carbocycles. The van der Waals surface area contributed by atoms with E-state index in [1.165, 1.54) is 25.3 Å². The number of halogens is 1. The molecule has 0 aliphatic heterocycles. The molecule has 0 aromatic heterocycles. The highest BCUT2D eigenvalue weighted by atomic mass is 35.5. The van der Waals surface area contributed by atoms with Gasteiger partial charge in [0.05, 0.1) is 23.2 Å². The highest BCUT2D eigenvalue weighted by Gasteiger charge is 2.22. The van der Waals surface area contributed by atoms with Crippen LogP contribution >= 0.6 is 11.6 Å². The fourth-order valence-corrected chi connectivity index (χ4v) is 2.15. The molecule has 0 spiro atoms. The minimum Gasteiger partial charge on any atom is -0.465 e. The molecule has 0 saturated heterocycles. The van der Waals surface area contributed by atoms with Crippen molar-refractivity contribution in [1.29, 1.82) is 0 Å². The van der Waals surface area contributed by atoms with Crippen LogP contribution in [0.1, 0.15) is 21.5 Å². The van der Waals surface area contributed by atoms with E-state index in [-0.39, 0.29) is 16.8 Å². The number of carbonyl (C=O) groups excluding carboxylic acids is 1. The molecule has 0 unspecified atom stereocenters. The number of benzene rings is 2. The smallest absolute Gasteiger partial charge is 0.338 e. The molecule has 0 heterocycles. The summed E-state index contributed by atoms with van der Waals surface area (Å²) in [6.07, 6.45) is 1.34. The third kappa shape index (κ3) is 3.32. The molecule has 0 radical (unpaired) electrons. The first-order valence-electron chi connectivity index (χ1n) is 6.33. The molecule has 6 heteroatoms. The van der Waals surface area contributed by atoms with Crippen LogP contribution < -0.4 is 0 Å². The van der Waals surface area contributed by atoms with Crippen molar-refractivity contribution in [3.63, 3.8) is 0 Å². The van der Waals surface area contributed by atoms with Gasteiger partial charge < -0.3 is 4.74 Å². The van der Waals surface area contributed by atoms with Gasteiger partial charge in [-0.25, -0.2) is 4.79 Å². The normalized spacial score (nSPS) is 11.1. The number of hydrogen-bond acceptors (Lipinski definition) is 4. The zero-order valence-electron chi connectivity index (χ0n) is 11.7. The quantitative estimate of drug-likeness (QED) is 0.371. The third-order valence-corrected chi connectivity index (χ3v) is 3.35. The fraction of sp³-hybridized carbons (Fsp3) is 0.0625. The van der Waals surface area contributed by atoms with Crippen LogP contribution in [-0.2, 0) is 4.74 Å². The summed E-state index contributed by atoms with van der Waals surface area (Å²) in [5.41, 5.74) is 0.573. The summed E-state index contributed by atoms with van der Waals surface area (Å²) in [4.78, 5) is 22.7. The van der Waals surface area contributed by atoms with Crippen molar-refractivity contribution in [2.24, 2.45) is 0 Å². The number of esters is 1. The number of ether oxygens (including phenoxy) is 1. The number of nitrogens with zero attached hydrogens (tertiary/aromatic N) is 1. The molecule has 0 bridgehead atoms. The average molecular weight is 318 g/mol. The molecule has 0 amide bonds. The van der Waals surface area contributed by atoms with Gasteiger partial charge in [-0.05, 0) is 23.8 Å². The predicted octanol–water partition coefficient (Wildman–Crippen LogP) is 3.90.